The Morgan fingerprint density at radius 1 is 1.08 bits per heavy atom. The van der Waals surface area contributed by atoms with Crippen LogP contribution in [0.4, 0.5) is 11.4 Å². The minimum absolute atomic E-state index is 0.0839. The van der Waals surface area contributed by atoms with E-state index in [2.05, 4.69) is 12.4 Å². The second-order valence-electron chi connectivity index (χ2n) is 9.63. The van der Waals surface area contributed by atoms with Gasteiger partial charge in [-0.3, -0.25) is 14.4 Å². The van der Waals surface area contributed by atoms with E-state index >= 15 is 0 Å². The van der Waals surface area contributed by atoms with E-state index in [1.165, 1.54) is 29.2 Å². The Morgan fingerprint density at radius 2 is 1.76 bits per heavy atom. The number of nitrogens with zero attached hydrogens (tertiary/aromatic N) is 2. The zero-order chi connectivity index (χ0) is 27.4. The van der Waals surface area contributed by atoms with Gasteiger partial charge in [-0.25, -0.2) is 9.69 Å². The number of quaternary nitrogens is 1. The number of piperidine rings is 1. The third kappa shape index (κ3) is 5.74. The molecule has 0 aromatic heterocycles. The lowest BCUT2D eigenvalue weighted by molar-refractivity contribution is -0.885. The molecule has 0 bridgehead atoms. The maximum atomic E-state index is 13.2. The molecule has 0 saturated carbocycles. The van der Waals surface area contributed by atoms with Gasteiger partial charge in [-0.2, -0.15) is 0 Å². The highest BCUT2D eigenvalue weighted by Crippen LogP contribution is 2.30. The number of nitrogens with one attached hydrogen (secondary N) is 2. The van der Waals surface area contributed by atoms with Crippen LogP contribution in [0.5, 0.6) is 0 Å². The fourth-order valence-electron chi connectivity index (χ4n) is 4.60. The summed E-state index contributed by atoms with van der Waals surface area (Å²) in [6.45, 7) is 4.25. The molecule has 2 aromatic rings. The monoisotopic (exact) mass is 539 g/mol. The number of halogens is 1. The molecule has 2 N–H and O–H groups in total. The third-order valence-electron chi connectivity index (χ3n) is 6.88. The van der Waals surface area contributed by atoms with Crippen LogP contribution >= 0.6 is 11.6 Å². The van der Waals surface area contributed by atoms with E-state index < -0.39 is 17.8 Å². The maximum Gasteiger partial charge on any atom is 0.338 e. The molecule has 4 rings (SSSR count). The number of likely N-dealkylation sites (tertiary alicyclic amines) is 1. The molecule has 10 heteroatoms. The molecular formula is C28H32ClN4O5+. The molecule has 2 aromatic carbocycles. The van der Waals surface area contributed by atoms with E-state index in [-0.39, 0.29) is 28.4 Å². The van der Waals surface area contributed by atoms with Gasteiger partial charge in [-0.1, -0.05) is 24.6 Å². The predicted octanol–water partition coefficient (Wildman–Crippen LogP) is 2.44. The first-order valence-electron chi connectivity index (χ1n) is 12.7. The van der Waals surface area contributed by atoms with Crippen molar-refractivity contribution in [3.8, 4) is 0 Å². The largest absolute Gasteiger partial charge is 0.462 e. The second-order valence-corrected chi connectivity index (χ2v) is 10.0. The lowest BCUT2D eigenvalue weighted by Gasteiger charge is -2.33. The number of ether oxygens (including phenoxy) is 1. The summed E-state index contributed by atoms with van der Waals surface area (Å²) in [6, 6.07) is 12.9. The Morgan fingerprint density at radius 3 is 2.42 bits per heavy atom. The van der Waals surface area contributed by atoms with Crippen molar-refractivity contribution in [1.82, 2.24) is 4.90 Å². The first-order chi connectivity index (χ1) is 18.2. The Kier molecular flexibility index (Phi) is 8.48. The quantitative estimate of drug-likeness (QED) is 0.395. The van der Waals surface area contributed by atoms with E-state index in [1.54, 1.807) is 29.2 Å². The standard InChI is InChI=1S/C28H31ClN4O5/c1-4-16-38-28(37)18-8-10-22(11-9-18)33-26(35)23(29)24(27(33)36)30-20-7-5-6-19(17-20)25(34)32(3)21-12-14-31(2)15-13-21/h5-11,17,21,30H,4,12-16H2,1-3H3/p+1. The maximum absolute atomic E-state index is 13.2. The molecule has 1 saturated heterocycles. The van der Waals surface area contributed by atoms with Gasteiger partial charge in [0.1, 0.15) is 10.7 Å². The molecule has 1 fully saturated rings. The van der Waals surface area contributed by atoms with Crippen molar-refractivity contribution in [1.29, 1.82) is 0 Å². The Labute approximate surface area is 227 Å². The summed E-state index contributed by atoms with van der Waals surface area (Å²) in [6.07, 6.45) is 2.59. The topological polar surface area (TPSA) is 100 Å². The second kappa shape index (κ2) is 11.8. The van der Waals surface area contributed by atoms with Crippen LogP contribution in [0.25, 0.3) is 0 Å². The Hall–Kier alpha value is -3.69. The summed E-state index contributed by atoms with van der Waals surface area (Å²) in [5.41, 5.74) is 1.43. The van der Waals surface area contributed by atoms with Gasteiger partial charge in [0.15, 0.2) is 0 Å². The van der Waals surface area contributed by atoms with Gasteiger partial charge in [0.05, 0.1) is 38.0 Å². The number of hydrogen-bond donors (Lipinski definition) is 2. The number of amides is 3. The van der Waals surface area contributed by atoms with E-state index in [9.17, 15) is 19.2 Å². The van der Waals surface area contributed by atoms with Crippen LogP contribution < -0.4 is 15.1 Å². The molecule has 38 heavy (non-hydrogen) atoms. The number of rotatable bonds is 8. The summed E-state index contributed by atoms with van der Waals surface area (Å²) in [7, 11) is 3.97. The molecular weight excluding hydrogens is 508 g/mol. The van der Waals surface area contributed by atoms with Gasteiger partial charge in [0.25, 0.3) is 17.7 Å². The van der Waals surface area contributed by atoms with Gasteiger partial charge in [0, 0.05) is 37.2 Å². The molecule has 9 nitrogen and oxygen atoms in total. The molecule has 0 unspecified atom stereocenters. The zero-order valence-electron chi connectivity index (χ0n) is 21.8. The first kappa shape index (κ1) is 27.3. The minimum Gasteiger partial charge on any atom is -0.462 e. The van der Waals surface area contributed by atoms with E-state index in [0.29, 0.717) is 29.8 Å². The van der Waals surface area contributed by atoms with Crippen LogP contribution in [0, 0.1) is 0 Å². The molecule has 0 atom stereocenters. The fraction of sp³-hybridized carbons (Fsp3) is 0.357. The van der Waals surface area contributed by atoms with E-state index in [1.807, 2.05) is 14.0 Å². The first-order valence-corrected chi connectivity index (χ1v) is 13.1. The Bertz CT molecular complexity index is 1270. The van der Waals surface area contributed by atoms with Crippen molar-refractivity contribution in [3.05, 3.63) is 70.4 Å². The minimum atomic E-state index is -0.683. The van der Waals surface area contributed by atoms with Gasteiger partial charge in [-0.05, 0) is 48.9 Å². The number of carbonyl (C=O) groups excluding carboxylic acids is 4. The van der Waals surface area contributed by atoms with Gasteiger partial charge < -0.3 is 19.9 Å². The van der Waals surface area contributed by atoms with Gasteiger partial charge in [0.2, 0.25) is 0 Å². The molecule has 0 spiro atoms. The molecule has 2 aliphatic rings. The molecule has 3 amide bonds. The number of anilines is 2. The number of esters is 1. The molecule has 2 heterocycles. The average Bonchev–Trinajstić information content (AvgIpc) is 3.14. The summed E-state index contributed by atoms with van der Waals surface area (Å²) in [5, 5.41) is 2.67. The van der Waals surface area contributed by atoms with E-state index in [0.717, 1.165) is 30.8 Å². The number of carbonyl (C=O) groups is 4. The van der Waals surface area contributed by atoms with E-state index in [4.69, 9.17) is 16.3 Å². The third-order valence-corrected chi connectivity index (χ3v) is 7.23. The zero-order valence-corrected chi connectivity index (χ0v) is 22.5. The summed E-state index contributed by atoms with van der Waals surface area (Å²) in [4.78, 5) is 55.4. The number of imide groups is 1. The van der Waals surface area contributed by atoms with Crippen LogP contribution in [0.15, 0.2) is 59.3 Å². The van der Waals surface area contributed by atoms with Crippen molar-refractivity contribution >= 4 is 46.7 Å². The van der Waals surface area contributed by atoms with Crippen LogP contribution in [0.1, 0.15) is 46.9 Å². The Balaban J connectivity index is 1.47. The molecule has 0 aliphatic carbocycles. The predicted molar refractivity (Wildman–Crippen MR) is 144 cm³/mol. The normalized spacial score (nSPS) is 19.5. The molecule has 200 valence electrons. The van der Waals surface area contributed by atoms with Crippen molar-refractivity contribution < 1.29 is 28.8 Å². The summed E-state index contributed by atoms with van der Waals surface area (Å²) in [5.74, 6) is -1.90. The highest BCUT2D eigenvalue weighted by Gasteiger charge is 2.39. The van der Waals surface area contributed by atoms with Crippen LogP contribution in [-0.4, -0.2) is 68.4 Å². The number of benzene rings is 2. The van der Waals surface area contributed by atoms with Crippen molar-refractivity contribution in [2.24, 2.45) is 0 Å². The molecule has 0 radical (unpaired) electrons. The average molecular weight is 540 g/mol. The number of hydrogen-bond acceptors (Lipinski definition) is 6. The lowest BCUT2D eigenvalue weighted by atomic mass is 10.0. The summed E-state index contributed by atoms with van der Waals surface area (Å²) < 4.78 is 5.11. The lowest BCUT2D eigenvalue weighted by Crippen LogP contribution is -3.10. The van der Waals surface area contributed by atoms with Crippen LogP contribution in [-0.2, 0) is 14.3 Å². The van der Waals surface area contributed by atoms with Gasteiger partial charge in [-0.15, -0.1) is 0 Å². The fourth-order valence-corrected chi connectivity index (χ4v) is 4.81. The smallest absolute Gasteiger partial charge is 0.338 e. The molecule has 2 aliphatic heterocycles. The van der Waals surface area contributed by atoms with Crippen molar-refractivity contribution in [3.63, 3.8) is 0 Å². The highest BCUT2D eigenvalue weighted by atomic mass is 35.5. The summed E-state index contributed by atoms with van der Waals surface area (Å²) >= 11 is 6.28. The van der Waals surface area contributed by atoms with Crippen LogP contribution in [0.2, 0.25) is 0 Å². The highest BCUT2D eigenvalue weighted by molar-refractivity contribution is 6.53. The van der Waals surface area contributed by atoms with Gasteiger partial charge >= 0.3 is 5.97 Å². The van der Waals surface area contributed by atoms with Crippen molar-refractivity contribution in [2.75, 3.05) is 44.0 Å². The van der Waals surface area contributed by atoms with Crippen molar-refractivity contribution in [2.45, 2.75) is 32.2 Å². The van der Waals surface area contributed by atoms with Crippen LogP contribution in [0.3, 0.4) is 0 Å². The SMILES string of the molecule is CCCOC(=O)c1ccc(N2C(=O)C(Cl)=C(Nc3cccc(C(=O)N(C)C4CC[NH+](C)CC4)c3)C2=O)cc1.